The lowest BCUT2D eigenvalue weighted by Gasteiger charge is -2.06. The number of para-hydroxylation sites is 2. The molecular weight excluding hydrogens is 364 g/mol. The number of aromatic nitrogens is 2. The van der Waals surface area contributed by atoms with Gasteiger partial charge in [-0.25, -0.2) is 22.5 Å². The molecule has 0 radical (unpaired) electrons. The third-order valence-corrected chi connectivity index (χ3v) is 4.64. The molecule has 0 unspecified atom stereocenters. The Hall–Kier alpha value is -2.52. The summed E-state index contributed by atoms with van der Waals surface area (Å²) in [5.41, 5.74) is 1.33. The first-order valence-corrected chi connectivity index (χ1v) is 9.66. The van der Waals surface area contributed by atoms with Gasteiger partial charge in [0.1, 0.15) is 0 Å². The first-order valence-electron chi connectivity index (χ1n) is 7.76. The largest absolute Gasteiger partial charge is 0.333 e. The highest BCUT2D eigenvalue weighted by molar-refractivity contribution is 7.88. The quantitative estimate of drug-likeness (QED) is 0.712. The van der Waals surface area contributed by atoms with Crippen molar-refractivity contribution in [1.29, 1.82) is 0 Å². The Morgan fingerprint density at radius 1 is 1.00 bits per heavy atom. The fourth-order valence-electron chi connectivity index (χ4n) is 2.73. The molecule has 9 heteroatoms. The number of alkyl halides is 2. The molecule has 0 bridgehead atoms. The van der Waals surface area contributed by atoms with Crippen LogP contribution in [0.3, 0.4) is 0 Å². The van der Waals surface area contributed by atoms with Gasteiger partial charge in [0.05, 0.1) is 23.8 Å². The second-order valence-electron chi connectivity index (χ2n) is 5.91. The number of nitrogens with one attached hydrogen (secondary N) is 1. The summed E-state index contributed by atoms with van der Waals surface area (Å²) in [5, 5.41) is 0. The van der Waals surface area contributed by atoms with Gasteiger partial charge in [-0.05, 0) is 23.3 Å². The number of nitrogens with zero attached hydrogens (tertiary/aromatic N) is 2. The van der Waals surface area contributed by atoms with Crippen LogP contribution >= 0.6 is 0 Å². The molecule has 0 aliphatic carbocycles. The van der Waals surface area contributed by atoms with E-state index in [4.69, 9.17) is 0 Å². The van der Waals surface area contributed by atoms with Crippen LogP contribution in [0, 0.1) is 0 Å². The van der Waals surface area contributed by atoms with E-state index in [9.17, 15) is 22.0 Å². The zero-order valence-electron chi connectivity index (χ0n) is 13.9. The highest BCUT2D eigenvalue weighted by Crippen LogP contribution is 2.19. The summed E-state index contributed by atoms with van der Waals surface area (Å²) in [6.45, 7) is -2.62. The molecule has 2 aromatic carbocycles. The van der Waals surface area contributed by atoms with Crippen LogP contribution < -0.4 is 10.4 Å². The summed E-state index contributed by atoms with van der Waals surface area (Å²) < 4.78 is 52.9. The minimum atomic E-state index is -3.29. The Morgan fingerprint density at radius 3 is 2.15 bits per heavy atom. The van der Waals surface area contributed by atoms with Crippen molar-refractivity contribution < 1.29 is 17.2 Å². The summed E-state index contributed by atoms with van der Waals surface area (Å²) in [7, 11) is -3.29. The molecule has 0 atom stereocenters. The first-order chi connectivity index (χ1) is 12.3. The lowest BCUT2D eigenvalue weighted by Crippen LogP contribution is -2.25. The highest BCUT2D eigenvalue weighted by Gasteiger charge is 2.18. The van der Waals surface area contributed by atoms with Gasteiger partial charge in [-0.3, -0.25) is 4.57 Å². The molecule has 0 aliphatic heterocycles. The maximum atomic E-state index is 13.2. The average molecular weight is 381 g/mol. The van der Waals surface area contributed by atoms with Crippen LogP contribution in [0.15, 0.2) is 53.3 Å². The SMILES string of the molecule is CS(=O)(=O)NCc1ccc(Cn2c(=O)n(C(F)F)c3ccccc32)cc1. The van der Waals surface area contributed by atoms with Crippen molar-refractivity contribution in [1.82, 2.24) is 13.9 Å². The molecule has 0 amide bonds. The van der Waals surface area contributed by atoms with Gasteiger partial charge in [0.2, 0.25) is 10.0 Å². The fourth-order valence-corrected chi connectivity index (χ4v) is 3.16. The third kappa shape index (κ3) is 3.83. The molecule has 1 N–H and O–H groups in total. The summed E-state index contributed by atoms with van der Waals surface area (Å²) in [5.74, 6) is 0. The molecule has 3 rings (SSSR count). The van der Waals surface area contributed by atoms with Crippen molar-refractivity contribution in [2.24, 2.45) is 0 Å². The zero-order valence-corrected chi connectivity index (χ0v) is 14.7. The number of halogens is 2. The van der Waals surface area contributed by atoms with Gasteiger partial charge in [0, 0.05) is 6.54 Å². The van der Waals surface area contributed by atoms with E-state index < -0.39 is 22.3 Å². The summed E-state index contributed by atoms with van der Waals surface area (Å²) in [6.07, 6.45) is 1.08. The van der Waals surface area contributed by atoms with Gasteiger partial charge in [-0.15, -0.1) is 0 Å². The van der Waals surface area contributed by atoms with Gasteiger partial charge in [0.25, 0.3) is 0 Å². The van der Waals surface area contributed by atoms with E-state index in [-0.39, 0.29) is 18.6 Å². The lowest BCUT2D eigenvalue weighted by molar-refractivity contribution is 0.0703. The maximum absolute atomic E-state index is 13.2. The molecule has 3 aromatic rings. The maximum Gasteiger partial charge on any atom is 0.333 e. The van der Waals surface area contributed by atoms with Crippen molar-refractivity contribution in [3.63, 3.8) is 0 Å². The van der Waals surface area contributed by atoms with Gasteiger partial charge >= 0.3 is 12.2 Å². The minimum absolute atomic E-state index is 0.138. The molecule has 0 saturated carbocycles. The summed E-state index contributed by atoms with van der Waals surface area (Å²) in [6, 6.07) is 13.3. The number of hydrogen-bond acceptors (Lipinski definition) is 3. The second kappa shape index (κ2) is 7.00. The Kier molecular flexibility index (Phi) is 4.92. The zero-order chi connectivity index (χ0) is 18.9. The monoisotopic (exact) mass is 381 g/mol. The van der Waals surface area contributed by atoms with E-state index in [2.05, 4.69) is 4.72 Å². The topological polar surface area (TPSA) is 73.1 Å². The van der Waals surface area contributed by atoms with Gasteiger partial charge in [-0.1, -0.05) is 36.4 Å². The van der Waals surface area contributed by atoms with Crippen LogP contribution in [-0.2, 0) is 23.1 Å². The minimum Gasteiger partial charge on any atom is -0.287 e. The van der Waals surface area contributed by atoms with E-state index in [0.717, 1.165) is 17.4 Å². The van der Waals surface area contributed by atoms with Crippen molar-refractivity contribution in [2.75, 3.05) is 6.26 Å². The standard InChI is InChI=1S/C17H17F2N3O3S/c1-26(24,25)20-10-12-6-8-13(9-7-12)11-21-14-4-2-3-5-15(14)22(16(18)19)17(21)23/h2-9,16,20H,10-11H2,1H3. The molecule has 1 aromatic heterocycles. The molecule has 6 nitrogen and oxygen atoms in total. The lowest BCUT2D eigenvalue weighted by atomic mass is 10.1. The molecule has 138 valence electrons. The van der Waals surface area contributed by atoms with E-state index in [1.807, 2.05) is 0 Å². The van der Waals surface area contributed by atoms with E-state index in [0.29, 0.717) is 10.1 Å². The summed E-state index contributed by atoms with van der Waals surface area (Å²) in [4.78, 5) is 12.4. The number of fused-ring (bicyclic) bond motifs is 1. The van der Waals surface area contributed by atoms with Crippen LogP contribution in [0.1, 0.15) is 17.7 Å². The van der Waals surface area contributed by atoms with Gasteiger partial charge < -0.3 is 0 Å². The predicted octanol–water partition coefficient (Wildman–Crippen LogP) is 2.30. The fraction of sp³-hybridized carbons (Fsp3) is 0.235. The van der Waals surface area contributed by atoms with E-state index >= 15 is 0 Å². The third-order valence-electron chi connectivity index (χ3n) is 3.97. The molecule has 0 aliphatic rings. The van der Waals surface area contributed by atoms with Crippen molar-refractivity contribution in [2.45, 2.75) is 19.6 Å². The van der Waals surface area contributed by atoms with E-state index in [1.165, 1.54) is 10.6 Å². The molecule has 1 heterocycles. The Labute approximate surface area is 148 Å². The molecule has 0 spiro atoms. The first kappa shape index (κ1) is 18.3. The number of imidazole rings is 1. The average Bonchev–Trinajstić information content (AvgIpc) is 2.86. The van der Waals surface area contributed by atoms with Crippen molar-refractivity contribution in [3.05, 3.63) is 70.1 Å². The summed E-state index contributed by atoms with van der Waals surface area (Å²) >= 11 is 0. The Balaban J connectivity index is 1.90. The normalized spacial score (nSPS) is 12.2. The molecule has 0 fully saturated rings. The number of hydrogen-bond donors (Lipinski definition) is 1. The number of rotatable bonds is 6. The highest BCUT2D eigenvalue weighted by atomic mass is 32.2. The molecular formula is C17H17F2N3O3S. The van der Waals surface area contributed by atoms with Crippen LogP contribution in [-0.4, -0.2) is 23.8 Å². The van der Waals surface area contributed by atoms with Gasteiger partial charge in [0.15, 0.2) is 0 Å². The second-order valence-corrected chi connectivity index (χ2v) is 7.75. The number of benzene rings is 2. The van der Waals surface area contributed by atoms with Crippen molar-refractivity contribution >= 4 is 21.1 Å². The van der Waals surface area contributed by atoms with Crippen molar-refractivity contribution in [3.8, 4) is 0 Å². The van der Waals surface area contributed by atoms with Crippen LogP contribution in [0.25, 0.3) is 11.0 Å². The van der Waals surface area contributed by atoms with Gasteiger partial charge in [-0.2, -0.15) is 8.78 Å². The Morgan fingerprint density at radius 2 is 1.58 bits per heavy atom. The molecule has 26 heavy (non-hydrogen) atoms. The Bertz CT molecular complexity index is 1090. The van der Waals surface area contributed by atoms with Crippen LogP contribution in [0.2, 0.25) is 0 Å². The smallest absolute Gasteiger partial charge is 0.287 e. The predicted molar refractivity (Wildman–Crippen MR) is 94.7 cm³/mol. The number of sulfonamides is 1. The van der Waals surface area contributed by atoms with Crippen LogP contribution in [0.4, 0.5) is 8.78 Å². The van der Waals surface area contributed by atoms with E-state index in [1.54, 1.807) is 42.5 Å². The molecule has 0 saturated heterocycles. The van der Waals surface area contributed by atoms with Crippen LogP contribution in [0.5, 0.6) is 0 Å².